The standard InChI is InChI=1S/C16H24O2/c17-15(11-10-14-8-4-3-5-9-14)16(18)12-6-1-2-7-13-16/h3-5,8-9,15,17-18H,1-2,6-7,10-13H2. The fourth-order valence-corrected chi connectivity index (χ4v) is 2.89. The van der Waals surface area contributed by atoms with Crippen LogP contribution in [0.5, 0.6) is 0 Å². The summed E-state index contributed by atoms with van der Waals surface area (Å²) in [5, 5.41) is 20.8. The molecule has 1 aromatic carbocycles. The molecular formula is C16H24O2. The molecule has 0 amide bonds. The van der Waals surface area contributed by atoms with E-state index >= 15 is 0 Å². The van der Waals surface area contributed by atoms with E-state index < -0.39 is 11.7 Å². The zero-order valence-electron chi connectivity index (χ0n) is 11.0. The predicted octanol–water partition coefficient (Wildman–Crippen LogP) is 3.07. The Morgan fingerprint density at radius 1 is 1.00 bits per heavy atom. The monoisotopic (exact) mass is 248 g/mol. The van der Waals surface area contributed by atoms with Crippen molar-refractivity contribution in [1.82, 2.24) is 0 Å². The summed E-state index contributed by atoms with van der Waals surface area (Å²) < 4.78 is 0. The van der Waals surface area contributed by atoms with Crippen LogP contribution in [0.15, 0.2) is 30.3 Å². The van der Waals surface area contributed by atoms with Crippen LogP contribution in [-0.4, -0.2) is 21.9 Å². The molecule has 1 saturated carbocycles. The minimum Gasteiger partial charge on any atom is -0.390 e. The number of hydrogen-bond donors (Lipinski definition) is 2. The molecule has 2 nitrogen and oxygen atoms in total. The predicted molar refractivity (Wildman–Crippen MR) is 73.4 cm³/mol. The van der Waals surface area contributed by atoms with Gasteiger partial charge in [-0.25, -0.2) is 0 Å². The lowest BCUT2D eigenvalue weighted by Crippen LogP contribution is -2.42. The molecule has 1 aliphatic rings. The Hall–Kier alpha value is -0.860. The maximum Gasteiger partial charge on any atom is 0.0905 e. The summed E-state index contributed by atoms with van der Waals surface area (Å²) in [5.41, 5.74) is 0.388. The number of aliphatic hydroxyl groups is 2. The molecule has 0 aromatic heterocycles. The second-order valence-electron chi connectivity index (χ2n) is 5.56. The van der Waals surface area contributed by atoms with Crippen LogP contribution in [0.1, 0.15) is 50.5 Å². The maximum absolute atomic E-state index is 10.5. The molecule has 0 bridgehead atoms. The Morgan fingerprint density at radius 2 is 1.61 bits per heavy atom. The molecule has 1 aromatic rings. The van der Waals surface area contributed by atoms with Crippen molar-refractivity contribution >= 4 is 0 Å². The van der Waals surface area contributed by atoms with Crippen molar-refractivity contribution in [2.24, 2.45) is 0 Å². The van der Waals surface area contributed by atoms with Crippen LogP contribution in [0.4, 0.5) is 0 Å². The first-order valence-corrected chi connectivity index (χ1v) is 7.15. The molecule has 1 fully saturated rings. The summed E-state index contributed by atoms with van der Waals surface area (Å²) in [4.78, 5) is 0. The normalized spacial score (nSPS) is 21.2. The molecular weight excluding hydrogens is 224 g/mol. The van der Waals surface area contributed by atoms with Gasteiger partial charge in [-0.1, -0.05) is 56.0 Å². The van der Waals surface area contributed by atoms with Crippen LogP contribution >= 0.6 is 0 Å². The summed E-state index contributed by atoms with van der Waals surface area (Å²) in [6, 6.07) is 10.2. The lowest BCUT2D eigenvalue weighted by molar-refractivity contribution is -0.0870. The first kappa shape index (κ1) is 13.6. The van der Waals surface area contributed by atoms with Gasteiger partial charge in [-0.3, -0.25) is 0 Å². The average molecular weight is 248 g/mol. The topological polar surface area (TPSA) is 40.5 Å². The molecule has 0 saturated heterocycles. The van der Waals surface area contributed by atoms with Crippen molar-refractivity contribution in [3.05, 3.63) is 35.9 Å². The lowest BCUT2D eigenvalue weighted by Gasteiger charge is -2.32. The zero-order chi connectivity index (χ0) is 12.8. The number of hydrogen-bond acceptors (Lipinski definition) is 2. The van der Waals surface area contributed by atoms with Gasteiger partial charge < -0.3 is 10.2 Å². The molecule has 2 rings (SSSR count). The van der Waals surface area contributed by atoms with Gasteiger partial charge >= 0.3 is 0 Å². The first-order valence-electron chi connectivity index (χ1n) is 7.15. The first-order chi connectivity index (χ1) is 8.71. The smallest absolute Gasteiger partial charge is 0.0905 e. The largest absolute Gasteiger partial charge is 0.390 e. The van der Waals surface area contributed by atoms with E-state index in [-0.39, 0.29) is 0 Å². The van der Waals surface area contributed by atoms with Crippen LogP contribution in [0.25, 0.3) is 0 Å². The highest BCUT2D eigenvalue weighted by molar-refractivity contribution is 5.14. The highest BCUT2D eigenvalue weighted by atomic mass is 16.3. The highest BCUT2D eigenvalue weighted by Gasteiger charge is 2.35. The quantitative estimate of drug-likeness (QED) is 0.804. The SMILES string of the molecule is OC(CCc1ccccc1)C1(O)CCCCCC1. The van der Waals surface area contributed by atoms with E-state index in [1.54, 1.807) is 0 Å². The minimum absolute atomic E-state index is 0.587. The van der Waals surface area contributed by atoms with E-state index in [9.17, 15) is 10.2 Å². The molecule has 1 atom stereocenters. The molecule has 0 radical (unpaired) electrons. The minimum atomic E-state index is -0.842. The van der Waals surface area contributed by atoms with Crippen LogP contribution in [-0.2, 0) is 6.42 Å². The van der Waals surface area contributed by atoms with E-state index in [0.29, 0.717) is 6.42 Å². The maximum atomic E-state index is 10.5. The van der Waals surface area contributed by atoms with Crippen LogP contribution in [0.2, 0.25) is 0 Å². The Labute approximate surface area is 110 Å². The molecule has 1 unspecified atom stereocenters. The zero-order valence-corrected chi connectivity index (χ0v) is 11.0. The molecule has 100 valence electrons. The summed E-state index contributed by atoms with van der Waals surface area (Å²) >= 11 is 0. The lowest BCUT2D eigenvalue weighted by atomic mass is 9.85. The number of rotatable bonds is 4. The van der Waals surface area contributed by atoms with Crippen molar-refractivity contribution in [2.75, 3.05) is 0 Å². The number of benzene rings is 1. The van der Waals surface area contributed by atoms with E-state index in [1.165, 1.54) is 18.4 Å². The average Bonchev–Trinajstić information content (AvgIpc) is 2.63. The van der Waals surface area contributed by atoms with Crippen molar-refractivity contribution in [1.29, 1.82) is 0 Å². The Balaban J connectivity index is 1.88. The second-order valence-corrected chi connectivity index (χ2v) is 5.56. The van der Waals surface area contributed by atoms with Crippen molar-refractivity contribution in [3.8, 4) is 0 Å². The molecule has 0 aliphatic heterocycles. The molecule has 0 heterocycles. The summed E-state index contributed by atoms with van der Waals surface area (Å²) in [6.07, 6.45) is 6.87. The van der Waals surface area contributed by atoms with Gasteiger partial charge in [0.15, 0.2) is 0 Å². The van der Waals surface area contributed by atoms with Gasteiger partial charge in [0.2, 0.25) is 0 Å². The molecule has 1 aliphatic carbocycles. The van der Waals surface area contributed by atoms with E-state index in [1.807, 2.05) is 18.2 Å². The summed E-state index contributed by atoms with van der Waals surface area (Å²) in [7, 11) is 0. The molecule has 2 N–H and O–H groups in total. The molecule has 2 heteroatoms. The van der Waals surface area contributed by atoms with Gasteiger partial charge in [0.1, 0.15) is 0 Å². The van der Waals surface area contributed by atoms with E-state index in [2.05, 4.69) is 12.1 Å². The van der Waals surface area contributed by atoms with Gasteiger partial charge in [-0.2, -0.15) is 0 Å². The fraction of sp³-hybridized carbons (Fsp3) is 0.625. The highest BCUT2D eigenvalue weighted by Crippen LogP contribution is 2.31. The van der Waals surface area contributed by atoms with Gasteiger partial charge in [-0.15, -0.1) is 0 Å². The summed E-state index contributed by atoms with van der Waals surface area (Å²) in [5.74, 6) is 0. The number of aryl methyl sites for hydroxylation is 1. The van der Waals surface area contributed by atoms with E-state index in [0.717, 1.165) is 32.1 Å². The number of aliphatic hydroxyl groups excluding tert-OH is 1. The van der Waals surface area contributed by atoms with Crippen LogP contribution in [0.3, 0.4) is 0 Å². The summed E-state index contributed by atoms with van der Waals surface area (Å²) in [6.45, 7) is 0. The van der Waals surface area contributed by atoms with E-state index in [4.69, 9.17) is 0 Å². The third kappa shape index (κ3) is 3.56. The van der Waals surface area contributed by atoms with Crippen molar-refractivity contribution in [3.63, 3.8) is 0 Å². The van der Waals surface area contributed by atoms with Gasteiger partial charge in [0.05, 0.1) is 11.7 Å². The molecule has 0 spiro atoms. The second kappa shape index (κ2) is 6.35. The van der Waals surface area contributed by atoms with Crippen molar-refractivity contribution in [2.45, 2.75) is 63.1 Å². The molecule has 18 heavy (non-hydrogen) atoms. The Kier molecular flexibility index (Phi) is 4.79. The Bertz CT molecular complexity index is 339. The van der Waals surface area contributed by atoms with Crippen LogP contribution < -0.4 is 0 Å². The Morgan fingerprint density at radius 3 is 2.22 bits per heavy atom. The van der Waals surface area contributed by atoms with Gasteiger partial charge in [0, 0.05) is 0 Å². The van der Waals surface area contributed by atoms with Crippen LogP contribution in [0, 0.1) is 0 Å². The fourth-order valence-electron chi connectivity index (χ4n) is 2.89. The third-order valence-electron chi connectivity index (χ3n) is 4.14. The van der Waals surface area contributed by atoms with Gasteiger partial charge in [-0.05, 0) is 31.2 Å². The van der Waals surface area contributed by atoms with Gasteiger partial charge in [0.25, 0.3) is 0 Å². The van der Waals surface area contributed by atoms with Crippen molar-refractivity contribution < 1.29 is 10.2 Å². The third-order valence-corrected chi connectivity index (χ3v) is 4.14.